The zero-order valence-corrected chi connectivity index (χ0v) is 22.2. The molecule has 0 radical (unpaired) electrons. The molecule has 1 fully saturated rings. The number of likely N-dealkylation sites (tertiary alicyclic amines) is 1. The Morgan fingerprint density at radius 1 is 1.05 bits per heavy atom. The first kappa shape index (κ1) is 30.6. The van der Waals surface area contributed by atoms with Crippen LogP contribution >= 0.6 is 11.6 Å². The summed E-state index contributed by atoms with van der Waals surface area (Å²) < 4.78 is 75.1. The van der Waals surface area contributed by atoms with E-state index in [-0.39, 0.29) is 47.7 Å². The van der Waals surface area contributed by atoms with E-state index < -0.39 is 35.8 Å². The quantitative estimate of drug-likeness (QED) is 0.379. The van der Waals surface area contributed by atoms with Gasteiger partial charge in [-0.1, -0.05) is 41.9 Å². The average molecular weight is 577 g/mol. The molecular weight excluding hydrogens is 547 g/mol. The number of aliphatic hydroxyl groups is 1. The molecular formula is C27H30ClF5N2O4. The maximum absolute atomic E-state index is 14.4. The number of carbonyl (C=O) groups excluding carboxylic acids is 2. The van der Waals surface area contributed by atoms with Gasteiger partial charge in [-0.05, 0) is 49.8 Å². The fraction of sp³-hybridized carbons (Fsp3) is 0.481. The molecule has 1 aliphatic heterocycles. The number of ether oxygens (including phenoxy) is 1. The van der Waals surface area contributed by atoms with Gasteiger partial charge in [0.05, 0.1) is 17.0 Å². The van der Waals surface area contributed by atoms with Crippen LogP contribution in [0.25, 0.3) is 0 Å². The molecule has 1 heterocycles. The van der Waals surface area contributed by atoms with Crippen molar-refractivity contribution in [1.82, 2.24) is 9.80 Å². The van der Waals surface area contributed by atoms with E-state index in [9.17, 15) is 36.6 Å². The summed E-state index contributed by atoms with van der Waals surface area (Å²) in [5, 5.41) is 10.5. The molecule has 214 valence electrons. The Kier molecular flexibility index (Phi) is 9.48. The Morgan fingerprint density at radius 3 is 2.21 bits per heavy atom. The Labute approximate surface area is 228 Å². The molecule has 2 aromatic rings. The van der Waals surface area contributed by atoms with Crippen LogP contribution in [0, 0.1) is 5.92 Å². The number of piperidine rings is 1. The van der Waals surface area contributed by atoms with E-state index in [4.69, 9.17) is 16.3 Å². The first-order valence-electron chi connectivity index (χ1n) is 12.4. The lowest BCUT2D eigenvalue weighted by Crippen LogP contribution is -2.57. The highest BCUT2D eigenvalue weighted by Crippen LogP contribution is 2.41. The fourth-order valence-electron chi connectivity index (χ4n) is 4.53. The Balaban J connectivity index is 1.51. The van der Waals surface area contributed by atoms with Gasteiger partial charge in [-0.25, -0.2) is 0 Å². The minimum Gasteiger partial charge on any atom is -0.433 e. The highest BCUT2D eigenvalue weighted by atomic mass is 35.5. The molecule has 6 nitrogen and oxygen atoms in total. The van der Waals surface area contributed by atoms with Crippen molar-refractivity contribution in [2.24, 2.45) is 5.92 Å². The average Bonchev–Trinajstić information content (AvgIpc) is 2.87. The number of rotatable bonds is 9. The van der Waals surface area contributed by atoms with Crippen LogP contribution in [0.1, 0.15) is 48.0 Å². The zero-order chi connectivity index (χ0) is 29.0. The number of amides is 2. The second-order valence-electron chi connectivity index (χ2n) is 9.78. The molecule has 1 saturated heterocycles. The smallest absolute Gasteiger partial charge is 0.430 e. The Morgan fingerprint density at radius 2 is 1.67 bits per heavy atom. The van der Waals surface area contributed by atoms with Gasteiger partial charge in [0.1, 0.15) is 5.75 Å². The highest BCUT2D eigenvalue weighted by molar-refractivity contribution is 6.34. The summed E-state index contributed by atoms with van der Waals surface area (Å²) in [6.45, 7) is -0.0593. The molecule has 39 heavy (non-hydrogen) atoms. The van der Waals surface area contributed by atoms with Crippen molar-refractivity contribution in [3.05, 3.63) is 64.7 Å². The molecule has 3 rings (SSSR count). The van der Waals surface area contributed by atoms with Crippen LogP contribution in [0.5, 0.6) is 5.75 Å². The van der Waals surface area contributed by atoms with Gasteiger partial charge in [0, 0.05) is 32.7 Å². The topological polar surface area (TPSA) is 70.1 Å². The fourth-order valence-corrected chi connectivity index (χ4v) is 4.79. The van der Waals surface area contributed by atoms with Crippen molar-refractivity contribution in [2.75, 3.05) is 27.2 Å². The summed E-state index contributed by atoms with van der Waals surface area (Å²) >= 11 is 6.05. The van der Waals surface area contributed by atoms with Gasteiger partial charge in [-0.3, -0.25) is 9.59 Å². The first-order valence-corrected chi connectivity index (χ1v) is 12.8. The van der Waals surface area contributed by atoms with Gasteiger partial charge < -0.3 is 19.6 Å². The molecule has 1 unspecified atom stereocenters. The summed E-state index contributed by atoms with van der Waals surface area (Å²) in [7, 11) is 3.07. The lowest BCUT2D eigenvalue weighted by atomic mass is 9.88. The number of halogens is 6. The molecule has 1 N–H and O–H groups in total. The predicted octanol–water partition coefficient (Wildman–Crippen LogP) is 5.87. The van der Waals surface area contributed by atoms with Crippen LogP contribution in [0.3, 0.4) is 0 Å². The summed E-state index contributed by atoms with van der Waals surface area (Å²) in [4.78, 5) is 27.1. The predicted molar refractivity (Wildman–Crippen MR) is 135 cm³/mol. The van der Waals surface area contributed by atoms with Crippen molar-refractivity contribution in [1.29, 1.82) is 0 Å². The first-order chi connectivity index (χ1) is 18.2. The molecule has 0 aliphatic carbocycles. The van der Waals surface area contributed by atoms with E-state index in [1.165, 1.54) is 49.3 Å². The lowest BCUT2D eigenvalue weighted by Gasteiger charge is -2.38. The van der Waals surface area contributed by atoms with Crippen molar-refractivity contribution in [2.45, 2.75) is 50.0 Å². The summed E-state index contributed by atoms with van der Waals surface area (Å²) in [5.74, 6) is -2.10. The lowest BCUT2D eigenvalue weighted by molar-refractivity contribution is -0.262. The molecule has 0 spiro atoms. The number of carbonyl (C=O) groups is 2. The van der Waals surface area contributed by atoms with Gasteiger partial charge in [0.15, 0.2) is 0 Å². The summed E-state index contributed by atoms with van der Waals surface area (Å²) in [5.41, 5.74) is -4.08. The van der Waals surface area contributed by atoms with Gasteiger partial charge in [0.2, 0.25) is 0 Å². The summed E-state index contributed by atoms with van der Waals surface area (Å²) in [6, 6.07) is 9.88. The van der Waals surface area contributed by atoms with Crippen molar-refractivity contribution in [3.63, 3.8) is 0 Å². The maximum Gasteiger partial charge on any atom is 0.430 e. The standard InChI is InChI=1S/C27H30ClF5N2O4/c1-34(2)23(36)21-11-10-20(17-22(21)28)39-25(29,30)14-6-7-18-12-15-35(16-13-18)24(37)26(38,27(31,32)33)19-8-4-3-5-9-19/h3-5,8-11,17-18,38H,6-7,12-16H2,1-2H3. The molecule has 2 aromatic carbocycles. The van der Waals surface area contributed by atoms with E-state index in [1.807, 2.05) is 0 Å². The van der Waals surface area contributed by atoms with E-state index in [0.29, 0.717) is 19.3 Å². The second kappa shape index (κ2) is 12.1. The Bertz CT molecular complexity index is 1150. The monoisotopic (exact) mass is 576 g/mol. The molecule has 12 heteroatoms. The molecule has 2 amide bonds. The third-order valence-corrected chi connectivity index (χ3v) is 7.05. The summed E-state index contributed by atoms with van der Waals surface area (Å²) in [6.07, 6.45) is -8.26. The van der Waals surface area contributed by atoms with Crippen molar-refractivity contribution >= 4 is 23.4 Å². The van der Waals surface area contributed by atoms with Gasteiger partial charge >= 0.3 is 12.3 Å². The van der Waals surface area contributed by atoms with Crippen LogP contribution in [-0.2, 0) is 10.4 Å². The van der Waals surface area contributed by atoms with Crippen LogP contribution in [0.15, 0.2) is 48.5 Å². The van der Waals surface area contributed by atoms with E-state index >= 15 is 0 Å². The third-order valence-electron chi connectivity index (χ3n) is 6.74. The molecule has 0 aromatic heterocycles. The number of benzene rings is 2. The van der Waals surface area contributed by atoms with E-state index in [1.54, 1.807) is 0 Å². The van der Waals surface area contributed by atoms with Crippen LogP contribution in [0.4, 0.5) is 22.0 Å². The van der Waals surface area contributed by atoms with E-state index in [2.05, 4.69) is 0 Å². The minimum absolute atomic E-state index is 0.0204. The van der Waals surface area contributed by atoms with Gasteiger partial charge in [-0.2, -0.15) is 22.0 Å². The largest absolute Gasteiger partial charge is 0.433 e. The van der Waals surface area contributed by atoms with Crippen molar-refractivity contribution in [3.8, 4) is 5.75 Å². The molecule has 0 bridgehead atoms. The SMILES string of the molecule is CN(C)C(=O)c1ccc(OC(F)(F)CCCC2CCN(C(=O)C(O)(c3ccccc3)C(F)(F)F)CC2)cc1Cl. The van der Waals surface area contributed by atoms with Crippen LogP contribution < -0.4 is 4.74 Å². The van der Waals surface area contributed by atoms with Gasteiger partial charge in [-0.15, -0.1) is 0 Å². The molecule has 1 atom stereocenters. The number of nitrogens with zero attached hydrogens (tertiary/aromatic N) is 2. The number of alkyl halides is 5. The zero-order valence-electron chi connectivity index (χ0n) is 21.5. The normalized spacial score (nSPS) is 16.5. The minimum atomic E-state index is -5.22. The van der Waals surface area contributed by atoms with Gasteiger partial charge in [0.25, 0.3) is 17.4 Å². The maximum atomic E-state index is 14.4. The third kappa shape index (κ3) is 7.19. The Hall–Kier alpha value is -2.92. The van der Waals surface area contributed by atoms with Crippen LogP contribution in [-0.4, -0.2) is 66.2 Å². The number of hydrogen-bond acceptors (Lipinski definition) is 4. The highest BCUT2D eigenvalue weighted by Gasteiger charge is 2.62. The second-order valence-corrected chi connectivity index (χ2v) is 10.2. The number of hydrogen-bond donors (Lipinski definition) is 1. The van der Waals surface area contributed by atoms with Crippen molar-refractivity contribution < 1.29 is 41.4 Å². The molecule has 0 saturated carbocycles. The van der Waals surface area contributed by atoms with E-state index in [0.717, 1.165) is 23.1 Å². The van der Waals surface area contributed by atoms with Crippen LogP contribution in [0.2, 0.25) is 5.02 Å². The molecule has 1 aliphatic rings.